The average Bonchev–Trinajstić information content (AvgIpc) is 3.19. The van der Waals surface area contributed by atoms with E-state index in [0.29, 0.717) is 22.5 Å². The van der Waals surface area contributed by atoms with Gasteiger partial charge in [0.15, 0.2) is 0 Å². The summed E-state index contributed by atoms with van der Waals surface area (Å²) in [6.07, 6.45) is 2.28. The largest absolute Gasteiger partial charge is 0.338 e. The van der Waals surface area contributed by atoms with Gasteiger partial charge in [-0.05, 0) is 30.9 Å². The molecule has 3 rings (SSSR count). The van der Waals surface area contributed by atoms with Gasteiger partial charge in [-0.15, -0.1) is 0 Å². The van der Waals surface area contributed by atoms with Gasteiger partial charge in [0.2, 0.25) is 11.8 Å². The Morgan fingerprint density at radius 1 is 1.40 bits per heavy atom. The molecule has 1 unspecified atom stereocenters. The number of nitrogens with zero attached hydrogens (tertiary/aromatic N) is 1. The van der Waals surface area contributed by atoms with Gasteiger partial charge in [0.05, 0.1) is 0 Å². The van der Waals surface area contributed by atoms with E-state index in [1.807, 2.05) is 19.1 Å². The number of aromatic nitrogens is 1. The predicted molar refractivity (Wildman–Crippen MR) is 77.5 cm³/mol. The fourth-order valence-electron chi connectivity index (χ4n) is 2.14. The maximum Gasteiger partial charge on any atom is 0.231 e. The number of hydrogen-bond acceptors (Lipinski definition) is 3. The van der Waals surface area contributed by atoms with E-state index in [4.69, 9.17) is 16.1 Å². The maximum absolute atomic E-state index is 12.0. The lowest BCUT2D eigenvalue weighted by molar-refractivity contribution is -0.120. The summed E-state index contributed by atoms with van der Waals surface area (Å²) < 4.78 is 5.16. The molecule has 0 saturated heterocycles. The van der Waals surface area contributed by atoms with E-state index in [1.165, 1.54) is 0 Å². The molecule has 1 aliphatic carbocycles. The quantitative estimate of drug-likeness (QED) is 0.926. The first-order chi connectivity index (χ1) is 9.63. The Morgan fingerprint density at radius 3 is 2.75 bits per heavy atom. The van der Waals surface area contributed by atoms with E-state index in [0.717, 1.165) is 18.4 Å². The summed E-state index contributed by atoms with van der Waals surface area (Å²) in [7, 11) is 0. The Hall–Kier alpha value is -1.81. The maximum atomic E-state index is 12.0. The third-order valence-electron chi connectivity index (χ3n) is 3.64. The van der Waals surface area contributed by atoms with E-state index < -0.39 is 0 Å². The zero-order valence-corrected chi connectivity index (χ0v) is 11.9. The van der Waals surface area contributed by atoms with Crippen LogP contribution in [0.25, 0.3) is 11.3 Å². The summed E-state index contributed by atoms with van der Waals surface area (Å²) in [6.45, 7) is 1.95. The molecule has 1 aromatic carbocycles. The minimum atomic E-state index is -0.00805. The van der Waals surface area contributed by atoms with Crippen LogP contribution < -0.4 is 5.32 Å². The van der Waals surface area contributed by atoms with Crippen molar-refractivity contribution in [2.75, 3.05) is 5.32 Å². The summed E-state index contributed by atoms with van der Waals surface area (Å²) in [6, 6.07) is 9.02. The number of nitrogens with one attached hydrogen (secondary N) is 1. The summed E-state index contributed by atoms with van der Waals surface area (Å²) >= 11 is 5.84. The van der Waals surface area contributed by atoms with Gasteiger partial charge in [0, 0.05) is 22.6 Å². The van der Waals surface area contributed by atoms with Gasteiger partial charge in [0.1, 0.15) is 5.69 Å². The SMILES string of the molecule is CC(C(=O)Nc1cc(-c2ccc(Cl)cc2)no1)C1CC1. The molecule has 104 valence electrons. The predicted octanol–water partition coefficient (Wildman–Crippen LogP) is 3.98. The minimum Gasteiger partial charge on any atom is -0.338 e. The Morgan fingerprint density at radius 2 is 2.10 bits per heavy atom. The second kappa shape index (κ2) is 5.29. The molecule has 5 heteroatoms. The van der Waals surface area contributed by atoms with E-state index in [-0.39, 0.29) is 11.8 Å². The Bertz CT molecular complexity index is 617. The van der Waals surface area contributed by atoms with Crippen molar-refractivity contribution in [2.24, 2.45) is 11.8 Å². The van der Waals surface area contributed by atoms with Crippen molar-refractivity contribution in [1.29, 1.82) is 0 Å². The molecule has 0 radical (unpaired) electrons. The summed E-state index contributed by atoms with van der Waals surface area (Å²) in [4.78, 5) is 12.0. The van der Waals surface area contributed by atoms with Crippen molar-refractivity contribution in [3.05, 3.63) is 35.4 Å². The number of carbonyl (C=O) groups excluding carboxylic acids is 1. The molecule has 0 aliphatic heterocycles. The lowest BCUT2D eigenvalue weighted by Crippen LogP contribution is -2.21. The van der Waals surface area contributed by atoms with E-state index in [2.05, 4.69) is 10.5 Å². The number of amides is 1. The molecule has 1 amide bonds. The molecule has 1 saturated carbocycles. The highest BCUT2D eigenvalue weighted by Crippen LogP contribution is 2.37. The molecule has 1 N–H and O–H groups in total. The number of rotatable bonds is 4. The molecule has 20 heavy (non-hydrogen) atoms. The van der Waals surface area contributed by atoms with Crippen LogP contribution in [0.15, 0.2) is 34.9 Å². The summed E-state index contributed by atoms with van der Waals surface area (Å²) in [5.41, 5.74) is 1.57. The molecule has 2 aromatic rings. The minimum absolute atomic E-state index is 0.00805. The third-order valence-corrected chi connectivity index (χ3v) is 3.89. The van der Waals surface area contributed by atoms with Gasteiger partial charge in [-0.3, -0.25) is 10.1 Å². The highest BCUT2D eigenvalue weighted by molar-refractivity contribution is 6.30. The van der Waals surface area contributed by atoms with Gasteiger partial charge in [-0.1, -0.05) is 35.8 Å². The Labute approximate surface area is 122 Å². The molecular weight excluding hydrogens is 276 g/mol. The zero-order valence-electron chi connectivity index (χ0n) is 11.1. The van der Waals surface area contributed by atoms with Crippen LogP contribution >= 0.6 is 11.6 Å². The molecule has 0 bridgehead atoms. The highest BCUT2D eigenvalue weighted by Gasteiger charge is 2.32. The normalized spacial score (nSPS) is 15.9. The number of carbonyl (C=O) groups is 1. The lowest BCUT2D eigenvalue weighted by Gasteiger charge is -2.07. The Kier molecular flexibility index (Phi) is 3.49. The van der Waals surface area contributed by atoms with Gasteiger partial charge in [-0.25, -0.2) is 0 Å². The summed E-state index contributed by atoms with van der Waals surface area (Å²) in [5, 5.41) is 7.40. The third kappa shape index (κ3) is 2.85. The molecule has 1 heterocycles. The second-order valence-corrected chi connectivity index (χ2v) is 5.64. The highest BCUT2D eigenvalue weighted by atomic mass is 35.5. The topological polar surface area (TPSA) is 55.1 Å². The zero-order chi connectivity index (χ0) is 14.1. The van der Waals surface area contributed by atoms with Crippen molar-refractivity contribution in [3.63, 3.8) is 0 Å². The molecule has 1 atom stereocenters. The molecule has 1 aliphatic rings. The molecular formula is C15H15ClN2O2. The van der Waals surface area contributed by atoms with Crippen LogP contribution in [0.3, 0.4) is 0 Å². The van der Waals surface area contributed by atoms with Crippen LogP contribution in [0.4, 0.5) is 5.88 Å². The monoisotopic (exact) mass is 290 g/mol. The lowest BCUT2D eigenvalue weighted by atomic mass is 10.1. The Balaban J connectivity index is 1.70. The van der Waals surface area contributed by atoms with Crippen molar-refractivity contribution < 1.29 is 9.32 Å². The second-order valence-electron chi connectivity index (χ2n) is 5.20. The van der Waals surface area contributed by atoms with Gasteiger partial charge < -0.3 is 4.52 Å². The van der Waals surface area contributed by atoms with Crippen LogP contribution in [0.5, 0.6) is 0 Å². The van der Waals surface area contributed by atoms with Crippen molar-refractivity contribution in [3.8, 4) is 11.3 Å². The molecule has 0 spiro atoms. The van der Waals surface area contributed by atoms with Crippen LogP contribution in [-0.4, -0.2) is 11.1 Å². The fraction of sp³-hybridized carbons (Fsp3) is 0.333. The standard InChI is InChI=1S/C15H15ClN2O2/c1-9(10-2-3-10)15(19)17-14-8-13(18-20-14)11-4-6-12(16)7-5-11/h4-10H,2-3H2,1H3,(H,17,19). The first-order valence-electron chi connectivity index (χ1n) is 6.67. The van der Waals surface area contributed by atoms with Crippen LogP contribution in [0.1, 0.15) is 19.8 Å². The van der Waals surface area contributed by atoms with E-state index in [1.54, 1.807) is 18.2 Å². The number of benzene rings is 1. The first-order valence-corrected chi connectivity index (χ1v) is 7.05. The van der Waals surface area contributed by atoms with Crippen molar-refractivity contribution >= 4 is 23.4 Å². The fourth-order valence-corrected chi connectivity index (χ4v) is 2.26. The van der Waals surface area contributed by atoms with Crippen LogP contribution in [0.2, 0.25) is 5.02 Å². The first kappa shape index (κ1) is 13.2. The molecule has 4 nitrogen and oxygen atoms in total. The van der Waals surface area contributed by atoms with Crippen LogP contribution in [-0.2, 0) is 4.79 Å². The smallest absolute Gasteiger partial charge is 0.231 e. The van der Waals surface area contributed by atoms with E-state index in [9.17, 15) is 4.79 Å². The van der Waals surface area contributed by atoms with E-state index >= 15 is 0 Å². The molecule has 1 aromatic heterocycles. The van der Waals surface area contributed by atoms with Crippen LogP contribution in [0, 0.1) is 11.8 Å². The van der Waals surface area contributed by atoms with Crippen molar-refractivity contribution in [2.45, 2.75) is 19.8 Å². The number of hydrogen-bond donors (Lipinski definition) is 1. The molecule has 1 fully saturated rings. The number of anilines is 1. The average molecular weight is 291 g/mol. The van der Waals surface area contributed by atoms with Gasteiger partial charge in [0.25, 0.3) is 0 Å². The van der Waals surface area contributed by atoms with Crippen molar-refractivity contribution in [1.82, 2.24) is 5.16 Å². The number of halogens is 1. The van der Waals surface area contributed by atoms with Gasteiger partial charge >= 0.3 is 0 Å². The van der Waals surface area contributed by atoms with Gasteiger partial charge in [-0.2, -0.15) is 0 Å². The summed E-state index contributed by atoms with van der Waals surface area (Å²) in [5.74, 6) is 0.923.